The molecule has 0 bridgehead atoms. The second kappa shape index (κ2) is 5.85. The first-order valence-electron chi connectivity index (χ1n) is 5.78. The zero-order chi connectivity index (χ0) is 13.0. The molecule has 1 aliphatic rings. The Balaban J connectivity index is 2.21. The summed E-state index contributed by atoms with van der Waals surface area (Å²) in [5, 5.41) is 9.42. The summed E-state index contributed by atoms with van der Waals surface area (Å²) in [6, 6.07) is 7.78. The Morgan fingerprint density at radius 3 is 2.83 bits per heavy atom. The van der Waals surface area contributed by atoms with Gasteiger partial charge >= 0.3 is 0 Å². The SMILES string of the molecule is CC(c1ccc(Cl)cc1)N1COCCC1=NC#N. The standard InChI is InChI=1S/C13H14ClN3O/c1-10(11-2-4-12(14)5-3-11)17-9-18-7-6-13(17)16-8-15/h2-5,10H,6-7,9H2,1H3. The van der Waals surface area contributed by atoms with E-state index in [4.69, 9.17) is 21.6 Å². The Labute approximate surface area is 111 Å². The number of hydrogen-bond donors (Lipinski definition) is 0. The van der Waals surface area contributed by atoms with Crippen LogP contribution >= 0.6 is 11.6 Å². The number of ether oxygens (including phenoxy) is 1. The molecule has 1 aliphatic heterocycles. The van der Waals surface area contributed by atoms with Gasteiger partial charge < -0.3 is 9.64 Å². The molecular weight excluding hydrogens is 250 g/mol. The minimum absolute atomic E-state index is 0.106. The van der Waals surface area contributed by atoms with Crippen LogP contribution in [0.2, 0.25) is 5.02 Å². The van der Waals surface area contributed by atoms with E-state index in [1.54, 1.807) is 0 Å². The molecule has 1 unspecified atom stereocenters. The molecule has 5 heteroatoms. The van der Waals surface area contributed by atoms with E-state index in [2.05, 4.69) is 11.9 Å². The summed E-state index contributed by atoms with van der Waals surface area (Å²) in [5.41, 5.74) is 1.12. The smallest absolute Gasteiger partial charge is 0.207 e. The van der Waals surface area contributed by atoms with Gasteiger partial charge in [-0.1, -0.05) is 23.7 Å². The fourth-order valence-corrected chi connectivity index (χ4v) is 2.10. The van der Waals surface area contributed by atoms with Gasteiger partial charge in [-0.2, -0.15) is 10.3 Å². The average Bonchev–Trinajstić information content (AvgIpc) is 2.40. The van der Waals surface area contributed by atoms with Gasteiger partial charge in [0.2, 0.25) is 6.19 Å². The molecule has 0 saturated carbocycles. The molecule has 4 nitrogen and oxygen atoms in total. The maximum absolute atomic E-state index is 8.70. The van der Waals surface area contributed by atoms with E-state index in [1.807, 2.05) is 35.4 Å². The van der Waals surface area contributed by atoms with Crippen molar-refractivity contribution in [3.05, 3.63) is 34.9 Å². The Hall–Kier alpha value is -1.57. The molecular formula is C13H14ClN3O. The molecule has 0 N–H and O–H groups in total. The molecule has 1 heterocycles. The molecule has 0 amide bonds. The fraction of sp³-hybridized carbons (Fsp3) is 0.385. The van der Waals surface area contributed by atoms with Gasteiger partial charge in [-0.15, -0.1) is 0 Å². The summed E-state index contributed by atoms with van der Waals surface area (Å²) < 4.78 is 5.43. The summed E-state index contributed by atoms with van der Waals surface area (Å²) >= 11 is 5.88. The van der Waals surface area contributed by atoms with Crippen molar-refractivity contribution < 1.29 is 4.74 Å². The molecule has 1 fully saturated rings. The first-order chi connectivity index (χ1) is 8.72. The predicted molar refractivity (Wildman–Crippen MR) is 70.2 cm³/mol. The number of amidine groups is 1. The van der Waals surface area contributed by atoms with E-state index < -0.39 is 0 Å². The Morgan fingerprint density at radius 2 is 2.17 bits per heavy atom. The molecule has 0 radical (unpaired) electrons. The van der Waals surface area contributed by atoms with Crippen LogP contribution in [0.5, 0.6) is 0 Å². The molecule has 2 rings (SSSR count). The van der Waals surface area contributed by atoms with Crippen LogP contribution in [0.3, 0.4) is 0 Å². The molecule has 1 atom stereocenters. The minimum atomic E-state index is 0.106. The molecule has 1 aromatic carbocycles. The summed E-state index contributed by atoms with van der Waals surface area (Å²) in [7, 11) is 0. The van der Waals surface area contributed by atoms with E-state index in [0.29, 0.717) is 24.8 Å². The highest BCUT2D eigenvalue weighted by molar-refractivity contribution is 6.30. The third-order valence-corrected chi connectivity index (χ3v) is 3.28. The molecule has 0 aromatic heterocycles. The van der Waals surface area contributed by atoms with Gasteiger partial charge in [-0.05, 0) is 24.6 Å². The lowest BCUT2D eigenvalue weighted by Crippen LogP contribution is -2.40. The van der Waals surface area contributed by atoms with Gasteiger partial charge in [0.1, 0.15) is 12.6 Å². The highest BCUT2D eigenvalue weighted by atomic mass is 35.5. The van der Waals surface area contributed by atoms with Crippen LogP contribution in [0.1, 0.15) is 24.9 Å². The normalized spacial score (nSPS) is 19.6. The average molecular weight is 264 g/mol. The van der Waals surface area contributed by atoms with Gasteiger partial charge in [0, 0.05) is 11.4 Å². The van der Waals surface area contributed by atoms with Crippen molar-refractivity contribution in [2.45, 2.75) is 19.4 Å². The van der Waals surface area contributed by atoms with Gasteiger partial charge in [-0.25, -0.2) is 0 Å². The van der Waals surface area contributed by atoms with Crippen LogP contribution in [0.15, 0.2) is 29.3 Å². The number of nitrogens with zero attached hydrogens (tertiary/aromatic N) is 3. The van der Waals surface area contributed by atoms with Gasteiger partial charge in [0.05, 0.1) is 12.6 Å². The zero-order valence-corrected chi connectivity index (χ0v) is 10.9. The van der Waals surface area contributed by atoms with Crippen molar-refractivity contribution in [2.24, 2.45) is 4.99 Å². The lowest BCUT2D eigenvalue weighted by molar-refractivity contribution is 0.0292. The predicted octanol–water partition coefficient (Wildman–Crippen LogP) is 2.96. The van der Waals surface area contributed by atoms with Crippen molar-refractivity contribution in [3.63, 3.8) is 0 Å². The quantitative estimate of drug-likeness (QED) is 0.771. The van der Waals surface area contributed by atoms with E-state index in [9.17, 15) is 0 Å². The number of hydrogen-bond acceptors (Lipinski definition) is 3. The topological polar surface area (TPSA) is 48.6 Å². The summed E-state index contributed by atoms with van der Waals surface area (Å²) in [4.78, 5) is 5.87. The second-order valence-corrected chi connectivity index (χ2v) is 4.55. The highest BCUT2D eigenvalue weighted by Gasteiger charge is 2.23. The van der Waals surface area contributed by atoms with Crippen LogP contribution < -0.4 is 0 Å². The Kier molecular flexibility index (Phi) is 4.19. The van der Waals surface area contributed by atoms with Crippen LogP contribution in [0, 0.1) is 11.5 Å². The van der Waals surface area contributed by atoms with Crippen molar-refractivity contribution in [2.75, 3.05) is 13.3 Å². The number of aliphatic imine (C=N–C) groups is 1. The van der Waals surface area contributed by atoms with E-state index >= 15 is 0 Å². The first kappa shape index (κ1) is 12.9. The fourth-order valence-electron chi connectivity index (χ4n) is 1.98. The van der Waals surface area contributed by atoms with Gasteiger partial charge in [0.25, 0.3) is 0 Å². The molecule has 1 aromatic rings. The summed E-state index contributed by atoms with van der Waals surface area (Å²) in [6.07, 6.45) is 2.52. The summed E-state index contributed by atoms with van der Waals surface area (Å²) in [6.45, 7) is 3.14. The molecule has 94 valence electrons. The van der Waals surface area contributed by atoms with Crippen LogP contribution in [0.4, 0.5) is 0 Å². The molecule has 0 spiro atoms. The minimum Gasteiger partial charge on any atom is -0.361 e. The third kappa shape index (κ3) is 2.81. The van der Waals surface area contributed by atoms with Crippen LogP contribution in [-0.2, 0) is 4.74 Å². The monoisotopic (exact) mass is 263 g/mol. The maximum atomic E-state index is 8.70. The first-order valence-corrected chi connectivity index (χ1v) is 6.15. The Bertz CT molecular complexity index is 478. The van der Waals surface area contributed by atoms with Crippen LogP contribution in [0.25, 0.3) is 0 Å². The van der Waals surface area contributed by atoms with Crippen molar-refractivity contribution in [1.29, 1.82) is 5.26 Å². The highest BCUT2D eigenvalue weighted by Crippen LogP contribution is 2.24. The number of nitriles is 1. The zero-order valence-electron chi connectivity index (χ0n) is 10.1. The lowest BCUT2D eigenvalue weighted by Gasteiger charge is -2.34. The van der Waals surface area contributed by atoms with E-state index in [0.717, 1.165) is 11.4 Å². The molecule has 0 aliphatic carbocycles. The lowest BCUT2D eigenvalue weighted by atomic mass is 10.1. The summed E-state index contributed by atoms with van der Waals surface area (Å²) in [5.74, 6) is 0.784. The molecule has 18 heavy (non-hydrogen) atoms. The Morgan fingerprint density at radius 1 is 1.44 bits per heavy atom. The number of rotatable bonds is 2. The van der Waals surface area contributed by atoms with Crippen molar-refractivity contribution in [3.8, 4) is 6.19 Å². The van der Waals surface area contributed by atoms with Crippen molar-refractivity contribution in [1.82, 2.24) is 4.90 Å². The maximum Gasteiger partial charge on any atom is 0.207 e. The van der Waals surface area contributed by atoms with Crippen molar-refractivity contribution >= 4 is 17.4 Å². The van der Waals surface area contributed by atoms with E-state index in [1.165, 1.54) is 0 Å². The largest absolute Gasteiger partial charge is 0.361 e. The van der Waals surface area contributed by atoms with E-state index in [-0.39, 0.29) is 6.04 Å². The van der Waals surface area contributed by atoms with Gasteiger partial charge in [0.15, 0.2) is 0 Å². The number of halogens is 1. The third-order valence-electron chi connectivity index (χ3n) is 3.03. The van der Waals surface area contributed by atoms with Crippen LogP contribution in [-0.4, -0.2) is 24.1 Å². The number of benzene rings is 1. The van der Waals surface area contributed by atoms with Gasteiger partial charge in [-0.3, -0.25) is 0 Å². The molecule has 1 saturated heterocycles. The second-order valence-electron chi connectivity index (χ2n) is 4.11.